The molecular formula is C27H24N2O3. The first-order valence-electron chi connectivity index (χ1n) is 11.3. The van der Waals surface area contributed by atoms with Crippen LogP contribution in [0.1, 0.15) is 53.2 Å². The zero-order valence-electron chi connectivity index (χ0n) is 18.1. The Balaban J connectivity index is 1.69. The van der Waals surface area contributed by atoms with Gasteiger partial charge in [-0.15, -0.1) is 0 Å². The highest BCUT2D eigenvalue weighted by molar-refractivity contribution is 6.20. The van der Waals surface area contributed by atoms with Crippen LogP contribution in [0.25, 0.3) is 32.9 Å². The van der Waals surface area contributed by atoms with Crippen LogP contribution in [0.15, 0.2) is 48.5 Å². The zero-order valence-corrected chi connectivity index (χ0v) is 18.1. The van der Waals surface area contributed by atoms with Crippen molar-refractivity contribution in [2.45, 2.75) is 38.7 Å². The molecule has 0 aliphatic heterocycles. The van der Waals surface area contributed by atoms with Gasteiger partial charge in [-0.05, 0) is 54.2 Å². The topological polar surface area (TPSA) is 71.2 Å². The SMILES string of the molecule is CCNC(=O)O[C@@H](C)[C@H]1c2ccccc2-c2c3c(c4c([nH]c5ccccc54)c21)CCC3=O. The van der Waals surface area contributed by atoms with E-state index in [1.54, 1.807) is 0 Å². The second-order valence-corrected chi connectivity index (χ2v) is 8.69. The predicted octanol–water partition coefficient (Wildman–Crippen LogP) is 5.70. The summed E-state index contributed by atoms with van der Waals surface area (Å²) in [6.45, 7) is 4.32. The smallest absolute Gasteiger partial charge is 0.407 e. The molecule has 0 bridgehead atoms. The van der Waals surface area contributed by atoms with E-state index in [-0.39, 0.29) is 11.7 Å². The van der Waals surface area contributed by atoms with Crippen molar-refractivity contribution in [2.75, 3.05) is 6.54 Å². The number of ketones is 1. The molecule has 1 aromatic heterocycles. The van der Waals surface area contributed by atoms with Crippen LogP contribution in [-0.2, 0) is 11.2 Å². The van der Waals surface area contributed by atoms with Crippen molar-refractivity contribution in [1.29, 1.82) is 0 Å². The summed E-state index contributed by atoms with van der Waals surface area (Å²) < 4.78 is 5.81. The Kier molecular flexibility index (Phi) is 4.15. The zero-order chi connectivity index (χ0) is 22.0. The van der Waals surface area contributed by atoms with Crippen LogP contribution in [-0.4, -0.2) is 29.5 Å². The fourth-order valence-corrected chi connectivity index (χ4v) is 5.77. The molecule has 0 saturated carbocycles. The van der Waals surface area contributed by atoms with Gasteiger partial charge in [-0.2, -0.15) is 0 Å². The van der Waals surface area contributed by atoms with E-state index in [2.05, 4.69) is 34.6 Å². The summed E-state index contributed by atoms with van der Waals surface area (Å²) in [6, 6.07) is 16.5. The van der Waals surface area contributed by atoms with Gasteiger partial charge in [-0.1, -0.05) is 42.5 Å². The van der Waals surface area contributed by atoms with E-state index in [9.17, 15) is 9.59 Å². The normalized spacial score (nSPS) is 17.3. The van der Waals surface area contributed by atoms with Crippen molar-refractivity contribution in [2.24, 2.45) is 0 Å². The van der Waals surface area contributed by atoms with Gasteiger partial charge in [-0.3, -0.25) is 4.79 Å². The Morgan fingerprint density at radius 2 is 1.91 bits per heavy atom. The van der Waals surface area contributed by atoms with Gasteiger partial charge in [0.1, 0.15) is 6.10 Å². The maximum atomic E-state index is 13.2. The molecule has 0 spiro atoms. The van der Waals surface area contributed by atoms with E-state index < -0.39 is 12.2 Å². The van der Waals surface area contributed by atoms with Crippen molar-refractivity contribution in [3.05, 3.63) is 70.8 Å². The summed E-state index contributed by atoms with van der Waals surface area (Å²) in [7, 11) is 0. The first kappa shape index (κ1) is 19.1. The van der Waals surface area contributed by atoms with Crippen LogP contribution >= 0.6 is 0 Å². The third kappa shape index (κ3) is 2.51. The molecule has 4 aromatic rings. The fourth-order valence-electron chi connectivity index (χ4n) is 5.77. The number of carbonyl (C=O) groups is 2. The highest BCUT2D eigenvalue weighted by Gasteiger charge is 2.41. The number of rotatable bonds is 3. The largest absolute Gasteiger partial charge is 0.446 e. The van der Waals surface area contributed by atoms with Crippen LogP contribution < -0.4 is 5.32 Å². The lowest BCUT2D eigenvalue weighted by Crippen LogP contribution is -2.30. The molecular weight excluding hydrogens is 400 g/mol. The van der Waals surface area contributed by atoms with Gasteiger partial charge < -0.3 is 15.0 Å². The molecule has 0 fully saturated rings. The molecule has 1 heterocycles. The average Bonchev–Trinajstić information content (AvgIpc) is 3.45. The van der Waals surface area contributed by atoms with E-state index in [0.717, 1.165) is 61.6 Å². The van der Waals surface area contributed by atoms with Crippen molar-refractivity contribution in [3.63, 3.8) is 0 Å². The maximum Gasteiger partial charge on any atom is 0.407 e. The monoisotopic (exact) mass is 424 g/mol. The number of aromatic amines is 1. The third-order valence-corrected chi connectivity index (χ3v) is 6.94. The Morgan fingerprint density at radius 3 is 2.75 bits per heavy atom. The maximum absolute atomic E-state index is 13.2. The number of H-pyrrole nitrogens is 1. The van der Waals surface area contributed by atoms with Crippen molar-refractivity contribution >= 4 is 33.7 Å². The third-order valence-electron chi connectivity index (χ3n) is 6.94. The number of para-hydroxylation sites is 1. The number of Topliss-reactive ketones (excluding diaryl/α,β-unsaturated/α-hetero) is 1. The summed E-state index contributed by atoms with van der Waals surface area (Å²) in [5, 5.41) is 5.02. The van der Waals surface area contributed by atoms with Crippen LogP contribution in [0, 0.1) is 0 Å². The number of ether oxygens (including phenoxy) is 1. The number of hydrogen-bond acceptors (Lipinski definition) is 3. The molecule has 0 saturated heterocycles. The molecule has 5 nitrogen and oxygen atoms in total. The minimum atomic E-state index is -0.420. The minimum Gasteiger partial charge on any atom is -0.446 e. The van der Waals surface area contributed by atoms with Crippen molar-refractivity contribution in [3.8, 4) is 11.1 Å². The fraction of sp³-hybridized carbons (Fsp3) is 0.259. The molecule has 1 amide bonds. The van der Waals surface area contributed by atoms with Gasteiger partial charge in [0, 0.05) is 40.7 Å². The predicted molar refractivity (Wildman–Crippen MR) is 125 cm³/mol. The van der Waals surface area contributed by atoms with Gasteiger partial charge in [0.05, 0.1) is 5.52 Å². The molecule has 2 N–H and O–H groups in total. The minimum absolute atomic E-state index is 0.155. The molecule has 0 radical (unpaired) electrons. The van der Waals surface area contributed by atoms with Gasteiger partial charge in [0.2, 0.25) is 0 Å². The number of hydrogen-bond donors (Lipinski definition) is 2. The molecule has 32 heavy (non-hydrogen) atoms. The number of aromatic nitrogens is 1. The standard InChI is InChI=1S/C27H24N2O3/c1-3-28-27(31)32-14(2)21-15-8-4-5-9-16(15)24-23-18(12-13-20(23)30)22-17-10-6-7-11-19(17)29-26(22)25(21)24/h4-11,14,21,29H,3,12-13H2,1-2H3,(H,28,31)/t14-,21-/m0/s1. The number of benzene rings is 3. The second-order valence-electron chi connectivity index (χ2n) is 8.69. The highest BCUT2D eigenvalue weighted by atomic mass is 16.6. The Labute approximate surface area is 185 Å². The summed E-state index contributed by atoms with van der Waals surface area (Å²) in [5.41, 5.74) is 8.40. The highest BCUT2D eigenvalue weighted by Crippen LogP contribution is 2.54. The van der Waals surface area contributed by atoms with Crippen LogP contribution in [0.2, 0.25) is 0 Å². The molecule has 0 unspecified atom stereocenters. The Bertz CT molecular complexity index is 1430. The number of carbonyl (C=O) groups excluding carboxylic acids is 2. The van der Waals surface area contributed by atoms with E-state index >= 15 is 0 Å². The lowest BCUT2D eigenvalue weighted by molar-refractivity contribution is 0.0982. The molecule has 160 valence electrons. The molecule has 3 aromatic carbocycles. The Morgan fingerprint density at radius 1 is 1.12 bits per heavy atom. The van der Waals surface area contributed by atoms with Gasteiger partial charge in [0.15, 0.2) is 5.78 Å². The number of alkyl carbamates (subject to hydrolysis) is 1. The number of aryl methyl sites for hydroxylation is 1. The van der Waals surface area contributed by atoms with Crippen molar-refractivity contribution in [1.82, 2.24) is 10.3 Å². The van der Waals surface area contributed by atoms with Gasteiger partial charge in [-0.25, -0.2) is 4.79 Å². The van der Waals surface area contributed by atoms with E-state index in [1.165, 1.54) is 0 Å². The quantitative estimate of drug-likeness (QED) is 0.443. The lowest BCUT2D eigenvalue weighted by Gasteiger charge is -2.23. The first-order valence-corrected chi connectivity index (χ1v) is 11.3. The summed E-state index contributed by atoms with van der Waals surface area (Å²) in [4.78, 5) is 29.1. The summed E-state index contributed by atoms with van der Waals surface area (Å²) >= 11 is 0. The molecule has 2 atom stereocenters. The first-order chi connectivity index (χ1) is 15.6. The van der Waals surface area contributed by atoms with E-state index in [0.29, 0.717) is 13.0 Å². The average molecular weight is 425 g/mol. The summed E-state index contributed by atoms with van der Waals surface area (Å²) in [5.74, 6) is 0.0502. The van der Waals surface area contributed by atoms with Crippen LogP contribution in [0.4, 0.5) is 4.79 Å². The van der Waals surface area contributed by atoms with Gasteiger partial charge in [0.25, 0.3) is 0 Å². The number of amides is 1. The van der Waals surface area contributed by atoms with E-state index in [4.69, 9.17) is 4.74 Å². The van der Waals surface area contributed by atoms with Crippen molar-refractivity contribution < 1.29 is 14.3 Å². The molecule has 2 aliphatic carbocycles. The lowest BCUT2D eigenvalue weighted by atomic mass is 9.87. The number of fused-ring (bicyclic) bond motifs is 10. The van der Waals surface area contributed by atoms with Crippen LogP contribution in [0.3, 0.4) is 0 Å². The molecule has 5 heteroatoms. The molecule has 6 rings (SSSR count). The second kappa shape index (κ2) is 6.95. The van der Waals surface area contributed by atoms with Crippen LogP contribution in [0.5, 0.6) is 0 Å². The molecule has 2 aliphatic rings. The van der Waals surface area contributed by atoms with Gasteiger partial charge >= 0.3 is 6.09 Å². The Hall–Kier alpha value is -3.60. The summed E-state index contributed by atoms with van der Waals surface area (Å²) in [6.07, 6.45) is 0.486. The van der Waals surface area contributed by atoms with E-state index in [1.807, 2.05) is 38.1 Å². The number of nitrogens with one attached hydrogen (secondary N) is 2.